The summed E-state index contributed by atoms with van der Waals surface area (Å²) in [6, 6.07) is 15.0. The average molecular weight is 1180 g/mol. The normalized spacial score (nSPS) is 31.7. The number of benzene rings is 2. The van der Waals surface area contributed by atoms with Crippen LogP contribution in [-0.2, 0) is 61.8 Å². The van der Waals surface area contributed by atoms with Crippen molar-refractivity contribution in [1.82, 2.24) is 4.90 Å². The smallest absolute Gasteiger partial charge is 0.456 e. The number of rotatable bonds is 10. The fourth-order valence-electron chi connectivity index (χ4n) is 11.5. The first-order valence-electron chi connectivity index (χ1n) is 24.1. The molecular weight excluding hydrogens is 1120 g/mol. The van der Waals surface area contributed by atoms with E-state index in [2.05, 4.69) is 0 Å². The molecule has 1 amide bonds. The highest BCUT2D eigenvalue weighted by Crippen LogP contribution is 2.65. The lowest BCUT2D eigenvalue weighted by atomic mass is 9.44. The van der Waals surface area contributed by atoms with Gasteiger partial charge >= 0.3 is 36.1 Å². The van der Waals surface area contributed by atoms with Crippen LogP contribution in [0.5, 0.6) is 0 Å². The number of ether oxygens (including phenoxy) is 9. The summed E-state index contributed by atoms with van der Waals surface area (Å²) < 4.78 is 50.3. The van der Waals surface area contributed by atoms with Crippen molar-refractivity contribution < 1.29 is 81.3 Å². The van der Waals surface area contributed by atoms with Crippen LogP contribution in [0.1, 0.15) is 110 Å². The SMILES string of the molecule is CC(=O)O[C@@]12CO[C@@H]1C[C@H](OC(=O)OCC(Cl)(Cl)Cl)[C@@]1(C)C(=O)[C@H](OC(=O)CC(Cl)(Cl)Cl)C3=C(C)[C@@H](OC(=O)[C@@H]4OC(C)(C)N(C(=O)OC(C)(C)C)[C@H]4c4ccccc4)C[C@@](O)([C@@H](OC(=O)c4ccccc4)[C@H]21)C3(C)C. The molecule has 7 rings (SSSR count). The maximum absolute atomic E-state index is 16.4. The van der Waals surface area contributed by atoms with Gasteiger partial charge in [0.05, 0.1) is 29.9 Å². The average Bonchev–Trinajstić information content (AvgIpc) is 3.59. The lowest BCUT2D eigenvalue weighted by Crippen LogP contribution is -2.82. The van der Waals surface area contributed by atoms with E-state index in [1.54, 1.807) is 83.1 Å². The van der Waals surface area contributed by atoms with Gasteiger partial charge in [0.2, 0.25) is 7.59 Å². The molecule has 0 spiro atoms. The topological polar surface area (TPSA) is 226 Å². The molecule has 11 atom stereocenters. The third-order valence-corrected chi connectivity index (χ3v) is 15.6. The summed E-state index contributed by atoms with van der Waals surface area (Å²) in [5, 5.41) is 14.2. The molecule has 2 saturated heterocycles. The van der Waals surface area contributed by atoms with E-state index in [4.69, 9.17) is 112 Å². The molecule has 76 heavy (non-hydrogen) atoms. The molecule has 416 valence electrons. The highest BCUT2D eigenvalue weighted by Gasteiger charge is 2.79. The van der Waals surface area contributed by atoms with Gasteiger partial charge in [-0.1, -0.05) is 132 Å². The van der Waals surface area contributed by atoms with Crippen molar-refractivity contribution in [3.05, 3.63) is 82.9 Å². The van der Waals surface area contributed by atoms with Crippen molar-refractivity contribution in [3.63, 3.8) is 0 Å². The molecule has 18 nitrogen and oxygen atoms in total. The number of hydrogen-bond acceptors (Lipinski definition) is 17. The van der Waals surface area contributed by atoms with Crippen LogP contribution < -0.4 is 0 Å². The Hall–Kier alpha value is -4.11. The van der Waals surface area contributed by atoms with E-state index in [1.165, 1.54) is 44.7 Å². The third kappa shape index (κ3) is 11.5. The first-order chi connectivity index (χ1) is 35.0. The molecule has 2 aliphatic heterocycles. The second-order valence-electron chi connectivity index (χ2n) is 21.8. The van der Waals surface area contributed by atoms with Gasteiger partial charge < -0.3 is 47.7 Å². The number of Topliss-reactive ketones (excluding diaryl/α,β-unsaturated/α-hetero) is 1. The number of nitrogens with zero attached hydrogens (tertiary/aromatic N) is 1. The van der Waals surface area contributed by atoms with Gasteiger partial charge in [0.1, 0.15) is 54.0 Å². The van der Waals surface area contributed by atoms with Gasteiger partial charge in [-0.05, 0) is 77.3 Å². The summed E-state index contributed by atoms with van der Waals surface area (Å²) in [7, 11) is 0. The number of esters is 4. The first-order valence-corrected chi connectivity index (χ1v) is 26.4. The monoisotopic (exact) mass is 1180 g/mol. The summed E-state index contributed by atoms with van der Waals surface area (Å²) in [6.07, 6.45) is -14.6. The summed E-state index contributed by atoms with van der Waals surface area (Å²) in [5.41, 5.74) is -11.0. The third-order valence-electron chi connectivity index (χ3n) is 14.8. The van der Waals surface area contributed by atoms with E-state index in [1.807, 2.05) is 0 Å². The fraction of sp³-hybridized carbons (Fsp3) is 0.596. The Balaban J connectivity index is 1.47. The molecular formula is C52H59Cl6NO17. The zero-order valence-corrected chi connectivity index (χ0v) is 47.7. The van der Waals surface area contributed by atoms with E-state index >= 15 is 9.59 Å². The lowest BCUT2D eigenvalue weighted by Gasteiger charge is -2.67. The Kier molecular flexibility index (Phi) is 16.6. The molecule has 2 aromatic carbocycles. The van der Waals surface area contributed by atoms with Crippen LogP contribution in [0.2, 0.25) is 0 Å². The van der Waals surface area contributed by atoms with Crippen LogP contribution in [0.3, 0.4) is 0 Å². The van der Waals surface area contributed by atoms with Gasteiger partial charge in [0.15, 0.2) is 23.6 Å². The van der Waals surface area contributed by atoms with Crippen molar-refractivity contribution >= 4 is 112 Å². The van der Waals surface area contributed by atoms with Crippen molar-refractivity contribution in [2.45, 2.75) is 161 Å². The van der Waals surface area contributed by atoms with Gasteiger partial charge in [-0.15, -0.1) is 0 Å². The number of alkyl halides is 6. The summed E-state index contributed by atoms with van der Waals surface area (Å²) in [5.74, 6) is -7.10. The predicted octanol–water partition coefficient (Wildman–Crippen LogP) is 9.59. The van der Waals surface area contributed by atoms with E-state index in [9.17, 15) is 29.1 Å². The Morgan fingerprint density at radius 3 is 1.97 bits per heavy atom. The summed E-state index contributed by atoms with van der Waals surface area (Å²) >= 11 is 36.1. The summed E-state index contributed by atoms with van der Waals surface area (Å²) in [6.45, 7) is 13.7. The van der Waals surface area contributed by atoms with Gasteiger partial charge in [0.25, 0.3) is 0 Å². The van der Waals surface area contributed by atoms with Crippen LogP contribution in [0.15, 0.2) is 71.8 Å². The maximum Gasteiger partial charge on any atom is 0.508 e. The van der Waals surface area contributed by atoms with Crippen molar-refractivity contribution in [2.24, 2.45) is 16.7 Å². The zero-order chi connectivity index (χ0) is 56.5. The molecule has 4 fully saturated rings. The number of ketones is 1. The molecule has 0 aromatic heterocycles. The largest absolute Gasteiger partial charge is 0.508 e. The Labute approximate surface area is 469 Å². The van der Waals surface area contributed by atoms with Gasteiger partial charge in [-0.3, -0.25) is 19.3 Å². The Bertz CT molecular complexity index is 2650. The van der Waals surface area contributed by atoms with Gasteiger partial charge in [-0.2, -0.15) is 0 Å². The van der Waals surface area contributed by atoms with Gasteiger partial charge in [-0.25, -0.2) is 19.2 Å². The highest BCUT2D eigenvalue weighted by molar-refractivity contribution is 6.68. The molecule has 2 heterocycles. The first kappa shape index (κ1) is 59.5. The number of carbonyl (C=O) groups excluding carboxylic acids is 7. The standard InChI is InChI=1S/C52H59Cl6NO17/c1-26-30(70-42(64)37-35(28-17-13-11-14-18-28)59(47(8,9)75-37)43(65)76-45(3,4)5)22-50(67)40(73-41(63)29-19-15-12-16-20-29)38-48(10,39(62)36(34(26)46(50,6)7)72-33(61)23-51(53,54)55)31(71-44(66)69-25-52(56,57)58)21-32-49(38,24-68-32)74-27(2)60/h11-20,30-32,35-38,40,67H,21-25H2,1-10H3/t30-,31-,32+,35-,36+,37+,38-,40-,48+,49-,50+/m0/s1. The van der Waals surface area contributed by atoms with Crippen molar-refractivity contribution in [1.29, 1.82) is 0 Å². The molecule has 2 saturated carbocycles. The lowest BCUT2D eigenvalue weighted by molar-refractivity contribution is -0.346. The van der Waals surface area contributed by atoms with E-state index in [0.29, 0.717) is 5.56 Å². The Morgan fingerprint density at radius 2 is 1.43 bits per heavy atom. The number of amides is 1. The van der Waals surface area contributed by atoms with Crippen LogP contribution in [0, 0.1) is 16.7 Å². The van der Waals surface area contributed by atoms with Gasteiger partial charge in [0, 0.05) is 25.2 Å². The minimum absolute atomic E-state index is 0.0208. The molecule has 0 radical (unpaired) electrons. The molecule has 5 aliphatic rings. The minimum Gasteiger partial charge on any atom is -0.456 e. The van der Waals surface area contributed by atoms with Crippen molar-refractivity contribution in [3.8, 4) is 0 Å². The molecule has 2 aromatic rings. The predicted molar refractivity (Wildman–Crippen MR) is 275 cm³/mol. The van der Waals surface area contributed by atoms with E-state index in [0.717, 1.165) is 6.92 Å². The second-order valence-corrected chi connectivity index (χ2v) is 26.8. The molecule has 2 bridgehead atoms. The van der Waals surface area contributed by atoms with Crippen LogP contribution in [-0.4, -0.2) is 132 Å². The molecule has 3 aliphatic carbocycles. The second kappa shape index (κ2) is 21.2. The fourth-order valence-corrected chi connectivity index (χ4v) is 12.0. The zero-order valence-electron chi connectivity index (χ0n) is 43.1. The highest BCUT2D eigenvalue weighted by atomic mass is 35.6. The van der Waals surface area contributed by atoms with Crippen molar-refractivity contribution in [2.75, 3.05) is 13.2 Å². The molecule has 0 unspecified atom stereocenters. The number of aliphatic hydroxyl groups is 1. The Morgan fingerprint density at radius 1 is 0.829 bits per heavy atom. The number of carbonyl (C=O) groups is 7. The molecule has 1 N–H and O–H groups in total. The van der Waals surface area contributed by atoms with E-state index < -0.39 is 164 Å². The minimum atomic E-state index is -2.59. The quantitative estimate of drug-likeness (QED) is 0.101. The molecule has 24 heteroatoms. The van der Waals surface area contributed by atoms with E-state index in [-0.39, 0.29) is 16.7 Å². The van der Waals surface area contributed by atoms with Crippen LogP contribution >= 0.6 is 69.6 Å². The number of hydrogen-bond donors (Lipinski definition) is 1. The number of fused-ring (bicyclic) bond motifs is 5. The maximum atomic E-state index is 16.4. The van der Waals surface area contributed by atoms with Crippen LogP contribution in [0.25, 0.3) is 0 Å². The number of halogens is 6. The van der Waals surface area contributed by atoms with Crippen LogP contribution in [0.4, 0.5) is 9.59 Å². The summed E-state index contributed by atoms with van der Waals surface area (Å²) in [4.78, 5) is 103.